The van der Waals surface area contributed by atoms with Gasteiger partial charge in [-0.1, -0.05) is 44.7 Å². The first kappa shape index (κ1) is 18.4. The highest BCUT2D eigenvalue weighted by atomic mass is 127. The highest BCUT2D eigenvalue weighted by molar-refractivity contribution is 14.1. The van der Waals surface area contributed by atoms with Gasteiger partial charge in [-0.2, -0.15) is 0 Å². The normalized spacial score (nSPS) is 10.6. The summed E-state index contributed by atoms with van der Waals surface area (Å²) in [5.74, 6) is 0.0870. The quantitative estimate of drug-likeness (QED) is 0.472. The summed E-state index contributed by atoms with van der Waals surface area (Å²) in [6, 6.07) is 7.69. The van der Waals surface area contributed by atoms with Gasteiger partial charge < -0.3 is 10.0 Å². The van der Waals surface area contributed by atoms with E-state index in [0.717, 1.165) is 22.1 Å². The molecule has 0 fully saturated rings. The summed E-state index contributed by atoms with van der Waals surface area (Å²) in [5.41, 5.74) is 0.768. The molecule has 3 nitrogen and oxygen atoms in total. The van der Waals surface area contributed by atoms with Crippen molar-refractivity contribution in [1.29, 1.82) is 0 Å². The second kappa shape index (κ2) is 11.0. The van der Waals surface area contributed by atoms with E-state index in [9.17, 15) is 4.79 Å². The number of nitrogens with zero attached hydrogens (tertiary/aromatic N) is 1. The summed E-state index contributed by atoms with van der Waals surface area (Å²) >= 11 is 2.21. The lowest BCUT2D eigenvalue weighted by atomic mass is 10.1. The summed E-state index contributed by atoms with van der Waals surface area (Å²) in [6.45, 7) is 3.75. The molecule has 0 aliphatic heterocycles. The number of unbranched alkanes of at least 4 members (excludes halogenated alkanes) is 4. The number of rotatable bonds is 10. The summed E-state index contributed by atoms with van der Waals surface area (Å²) in [7, 11) is 0. The van der Waals surface area contributed by atoms with Gasteiger partial charge >= 0.3 is 0 Å². The molecule has 1 aromatic carbocycles. The van der Waals surface area contributed by atoms with Gasteiger partial charge in [-0.15, -0.1) is 0 Å². The minimum atomic E-state index is 0.0870. The molecule has 1 rings (SSSR count). The van der Waals surface area contributed by atoms with Crippen LogP contribution in [0.5, 0.6) is 0 Å². The van der Waals surface area contributed by atoms with Crippen LogP contribution in [0.1, 0.15) is 55.8 Å². The van der Waals surface area contributed by atoms with Gasteiger partial charge in [0.15, 0.2) is 0 Å². The second-order valence-electron chi connectivity index (χ2n) is 5.26. The Morgan fingerprint density at radius 1 is 1.10 bits per heavy atom. The van der Waals surface area contributed by atoms with E-state index < -0.39 is 0 Å². The average Bonchev–Trinajstić information content (AvgIpc) is 2.50. The van der Waals surface area contributed by atoms with E-state index in [1.165, 1.54) is 25.7 Å². The van der Waals surface area contributed by atoms with Crippen LogP contribution in [0.25, 0.3) is 0 Å². The molecule has 1 N–H and O–H groups in total. The summed E-state index contributed by atoms with van der Waals surface area (Å²) in [5, 5.41) is 9.02. The molecule has 0 heterocycles. The maximum Gasteiger partial charge on any atom is 0.254 e. The molecule has 0 aliphatic carbocycles. The Morgan fingerprint density at radius 3 is 2.43 bits per heavy atom. The Hall–Kier alpha value is -0.620. The van der Waals surface area contributed by atoms with Gasteiger partial charge in [0.05, 0.1) is 5.56 Å². The zero-order chi connectivity index (χ0) is 15.5. The third-order valence-corrected chi connectivity index (χ3v) is 4.45. The first-order valence-electron chi connectivity index (χ1n) is 7.85. The SMILES string of the molecule is CCCCCCCN(CCCO)C(=O)c1ccccc1I. The van der Waals surface area contributed by atoms with E-state index in [0.29, 0.717) is 13.0 Å². The maximum absolute atomic E-state index is 12.6. The molecule has 0 saturated carbocycles. The lowest BCUT2D eigenvalue weighted by Crippen LogP contribution is -2.33. The summed E-state index contributed by atoms with van der Waals surface area (Å²) in [4.78, 5) is 14.5. The molecule has 0 unspecified atom stereocenters. The highest BCUT2D eigenvalue weighted by Crippen LogP contribution is 2.15. The van der Waals surface area contributed by atoms with Crippen LogP contribution >= 0.6 is 22.6 Å². The van der Waals surface area contributed by atoms with Crippen molar-refractivity contribution in [3.8, 4) is 0 Å². The smallest absolute Gasteiger partial charge is 0.254 e. The lowest BCUT2D eigenvalue weighted by Gasteiger charge is -2.23. The standard InChI is InChI=1S/C17H26INO2/c1-2-3-4-5-8-12-19(13-9-14-20)17(21)15-10-6-7-11-16(15)18/h6-7,10-11,20H,2-5,8-9,12-14H2,1H3. The van der Waals surface area contributed by atoms with Crippen molar-refractivity contribution in [2.24, 2.45) is 0 Å². The van der Waals surface area contributed by atoms with Crippen molar-refractivity contribution in [2.45, 2.75) is 45.4 Å². The maximum atomic E-state index is 12.6. The van der Waals surface area contributed by atoms with Gasteiger partial charge in [0.1, 0.15) is 0 Å². The third-order valence-electron chi connectivity index (χ3n) is 3.51. The third kappa shape index (κ3) is 6.78. The number of hydrogen-bond donors (Lipinski definition) is 1. The Labute approximate surface area is 141 Å². The molecule has 1 aromatic rings. The van der Waals surface area contributed by atoms with Crippen LogP contribution in [0, 0.1) is 3.57 Å². The van der Waals surface area contributed by atoms with E-state index in [1.807, 2.05) is 29.2 Å². The fourth-order valence-corrected chi connectivity index (χ4v) is 2.91. The number of halogens is 1. The van der Waals surface area contributed by atoms with Crippen LogP contribution in [-0.4, -0.2) is 35.6 Å². The summed E-state index contributed by atoms with van der Waals surface area (Å²) < 4.78 is 0.986. The summed E-state index contributed by atoms with van der Waals surface area (Å²) in [6.07, 6.45) is 6.59. The van der Waals surface area contributed by atoms with E-state index in [2.05, 4.69) is 29.5 Å². The first-order valence-corrected chi connectivity index (χ1v) is 8.93. The van der Waals surface area contributed by atoms with E-state index in [1.54, 1.807) is 0 Å². The van der Waals surface area contributed by atoms with E-state index in [4.69, 9.17) is 5.11 Å². The van der Waals surface area contributed by atoms with Crippen LogP contribution in [-0.2, 0) is 0 Å². The van der Waals surface area contributed by atoms with Crippen LogP contribution in [0.15, 0.2) is 24.3 Å². The van der Waals surface area contributed by atoms with Crippen molar-refractivity contribution < 1.29 is 9.90 Å². The van der Waals surface area contributed by atoms with Gasteiger partial charge in [-0.3, -0.25) is 4.79 Å². The minimum absolute atomic E-state index is 0.0870. The molecule has 118 valence electrons. The topological polar surface area (TPSA) is 40.5 Å². The number of hydrogen-bond acceptors (Lipinski definition) is 2. The molecular weight excluding hydrogens is 377 g/mol. The first-order chi connectivity index (χ1) is 10.2. The predicted molar refractivity (Wildman–Crippen MR) is 95.5 cm³/mol. The van der Waals surface area contributed by atoms with Crippen molar-refractivity contribution in [3.05, 3.63) is 33.4 Å². The molecule has 0 atom stereocenters. The number of aliphatic hydroxyl groups is 1. The number of amides is 1. The molecule has 0 aliphatic rings. The van der Waals surface area contributed by atoms with E-state index >= 15 is 0 Å². The molecular formula is C17H26INO2. The number of carbonyl (C=O) groups is 1. The van der Waals surface area contributed by atoms with Crippen LogP contribution in [0.2, 0.25) is 0 Å². The van der Waals surface area contributed by atoms with Gasteiger partial charge in [0.25, 0.3) is 5.91 Å². The second-order valence-corrected chi connectivity index (χ2v) is 6.43. The van der Waals surface area contributed by atoms with Gasteiger partial charge in [0.2, 0.25) is 0 Å². The Kier molecular flexibility index (Phi) is 9.67. The van der Waals surface area contributed by atoms with Crippen molar-refractivity contribution >= 4 is 28.5 Å². The molecule has 0 aromatic heterocycles. The molecule has 0 radical (unpaired) electrons. The van der Waals surface area contributed by atoms with Gasteiger partial charge in [-0.25, -0.2) is 0 Å². The molecule has 21 heavy (non-hydrogen) atoms. The Balaban J connectivity index is 2.59. The van der Waals surface area contributed by atoms with E-state index in [-0.39, 0.29) is 12.5 Å². The average molecular weight is 403 g/mol. The largest absolute Gasteiger partial charge is 0.396 e. The monoisotopic (exact) mass is 403 g/mol. The molecule has 0 bridgehead atoms. The van der Waals surface area contributed by atoms with Gasteiger partial charge in [0, 0.05) is 23.3 Å². The fourth-order valence-electron chi connectivity index (χ4n) is 2.29. The lowest BCUT2D eigenvalue weighted by molar-refractivity contribution is 0.0740. The molecule has 4 heteroatoms. The van der Waals surface area contributed by atoms with Crippen molar-refractivity contribution in [2.75, 3.05) is 19.7 Å². The van der Waals surface area contributed by atoms with Crippen LogP contribution in [0.3, 0.4) is 0 Å². The predicted octanol–water partition coefficient (Wildman–Crippen LogP) is 4.09. The Morgan fingerprint density at radius 2 is 1.76 bits per heavy atom. The zero-order valence-electron chi connectivity index (χ0n) is 12.9. The van der Waals surface area contributed by atoms with Gasteiger partial charge in [-0.05, 0) is 47.6 Å². The number of benzene rings is 1. The fraction of sp³-hybridized carbons (Fsp3) is 0.588. The molecule has 0 saturated heterocycles. The number of carbonyl (C=O) groups excluding carboxylic acids is 1. The number of aliphatic hydroxyl groups excluding tert-OH is 1. The van der Waals surface area contributed by atoms with Crippen molar-refractivity contribution in [1.82, 2.24) is 4.90 Å². The molecule has 1 amide bonds. The Bertz CT molecular complexity index is 423. The highest BCUT2D eigenvalue weighted by Gasteiger charge is 2.17. The molecule has 0 spiro atoms. The minimum Gasteiger partial charge on any atom is -0.396 e. The zero-order valence-corrected chi connectivity index (χ0v) is 15.0. The van der Waals surface area contributed by atoms with Crippen molar-refractivity contribution in [3.63, 3.8) is 0 Å². The van der Waals surface area contributed by atoms with Crippen LogP contribution < -0.4 is 0 Å². The van der Waals surface area contributed by atoms with Crippen LogP contribution in [0.4, 0.5) is 0 Å².